The van der Waals surface area contributed by atoms with Gasteiger partial charge in [0.05, 0.1) is 23.8 Å². The summed E-state index contributed by atoms with van der Waals surface area (Å²) in [4.78, 5) is 34.7. The third-order valence-corrected chi connectivity index (χ3v) is 5.06. The monoisotopic (exact) mass is 451 g/mol. The van der Waals surface area contributed by atoms with Crippen LogP contribution in [0.3, 0.4) is 0 Å². The van der Waals surface area contributed by atoms with Crippen LogP contribution in [0.4, 0.5) is 29.6 Å². The molecule has 4 rings (SSSR count). The van der Waals surface area contributed by atoms with Crippen molar-refractivity contribution >= 4 is 28.8 Å². The Morgan fingerprint density at radius 2 is 2.16 bits per heavy atom. The first-order chi connectivity index (χ1) is 15.3. The van der Waals surface area contributed by atoms with Gasteiger partial charge in [0.25, 0.3) is 0 Å². The van der Waals surface area contributed by atoms with E-state index in [4.69, 9.17) is 0 Å². The number of hydrogen-bond acceptors (Lipinski definition) is 7. The van der Waals surface area contributed by atoms with E-state index in [9.17, 15) is 22.8 Å². The van der Waals surface area contributed by atoms with Crippen LogP contribution in [-0.2, 0) is 10.9 Å². The summed E-state index contributed by atoms with van der Waals surface area (Å²) in [5.74, 6) is -0.642. The lowest BCUT2D eigenvalue weighted by Gasteiger charge is -2.24. The number of carbonyl (C=O) groups excluding carboxylic acids is 1. The molecule has 0 bridgehead atoms. The maximum atomic E-state index is 13.7. The first kappa shape index (κ1) is 21.6. The van der Waals surface area contributed by atoms with Crippen molar-refractivity contribution in [3.8, 4) is 5.82 Å². The fourth-order valence-corrected chi connectivity index (χ4v) is 3.58. The van der Waals surface area contributed by atoms with Gasteiger partial charge in [-0.15, -0.1) is 0 Å². The molecule has 1 aliphatic rings. The molecular weight excluding hydrogens is 431 g/mol. The van der Waals surface area contributed by atoms with Crippen molar-refractivity contribution in [3.05, 3.63) is 40.4 Å². The van der Waals surface area contributed by atoms with Gasteiger partial charge in [0, 0.05) is 18.8 Å². The molecule has 1 saturated heterocycles. The van der Waals surface area contributed by atoms with E-state index >= 15 is 0 Å². The van der Waals surface area contributed by atoms with Crippen LogP contribution in [0.2, 0.25) is 0 Å². The topological polar surface area (TPSA) is 126 Å². The van der Waals surface area contributed by atoms with Crippen LogP contribution < -0.4 is 21.6 Å². The molecule has 32 heavy (non-hydrogen) atoms. The number of H-pyrrole nitrogens is 1. The summed E-state index contributed by atoms with van der Waals surface area (Å²) < 4.78 is 46.6. The summed E-state index contributed by atoms with van der Waals surface area (Å²) in [5, 5.41) is 8.63. The Balaban J connectivity index is 1.84. The molecule has 4 N–H and O–H groups in total. The minimum atomic E-state index is -4.80. The number of benzene rings is 1. The zero-order valence-corrected chi connectivity index (χ0v) is 16.9. The molecule has 1 fully saturated rings. The number of aromatic nitrogens is 4. The Labute approximate surface area is 179 Å². The predicted octanol–water partition coefficient (Wildman–Crippen LogP) is 2.47. The van der Waals surface area contributed by atoms with Crippen molar-refractivity contribution in [2.45, 2.75) is 25.1 Å². The van der Waals surface area contributed by atoms with Gasteiger partial charge in [-0.3, -0.25) is 5.32 Å². The number of methoxy groups -OCH3 is 1. The zero-order valence-electron chi connectivity index (χ0n) is 16.9. The predicted molar refractivity (Wildman–Crippen MR) is 110 cm³/mol. The molecular formula is C19H20F3N7O3. The van der Waals surface area contributed by atoms with Gasteiger partial charge in [-0.2, -0.15) is 18.2 Å². The van der Waals surface area contributed by atoms with Crippen LogP contribution in [0.15, 0.2) is 29.2 Å². The second-order valence-electron chi connectivity index (χ2n) is 7.20. The molecule has 1 aromatic carbocycles. The van der Waals surface area contributed by atoms with Crippen LogP contribution in [0.1, 0.15) is 18.4 Å². The van der Waals surface area contributed by atoms with Gasteiger partial charge in [-0.25, -0.2) is 19.1 Å². The van der Waals surface area contributed by atoms with E-state index in [1.807, 2.05) is 0 Å². The highest BCUT2D eigenvalue weighted by Crippen LogP contribution is 2.34. The van der Waals surface area contributed by atoms with Gasteiger partial charge >= 0.3 is 18.0 Å². The Bertz CT molecular complexity index is 1200. The molecule has 0 unspecified atom stereocenters. The molecule has 1 atom stereocenters. The molecule has 13 heteroatoms. The number of fused-ring (bicyclic) bond motifs is 1. The smallest absolute Gasteiger partial charge is 0.421 e. The summed E-state index contributed by atoms with van der Waals surface area (Å²) in [5.41, 5.74) is -1.63. The van der Waals surface area contributed by atoms with Crippen LogP contribution in [0, 0.1) is 0 Å². The lowest BCUT2D eigenvalue weighted by Crippen LogP contribution is -2.39. The number of halogens is 3. The highest BCUT2D eigenvalue weighted by molar-refractivity contribution is 5.97. The first-order valence-electron chi connectivity index (χ1n) is 9.78. The fourth-order valence-electron chi connectivity index (χ4n) is 3.58. The van der Waals surface area contributed by atoms with Gasteiger partial charge in [-0.05, 0) is 31.5 Å². The highest BCUT2D eigenvalue weighted by atomic mass is 19.4. The maximum absolute atomic E-state index is 13.7. The number of alkyl halides is 3. The Morgan fingerprint density at radius 3 is 2.84 bits per heavy atom. The van der Waals surface area contributed by atoms with E-state index in [-0.39, 0.29) is 28.7 Å². The molecule has 2 aromatic heterocycles. The normalized spacial score (nSPS) is 16.7. The van der Waals surface area contributed by atoms with E-state index in [2.05, 4.69) is 35.6 Å². The summed E-state index contributed by atoms with van der Waals surface area (Å²) in [6.45, 7) is 1.49. The fraction of sp³-hybridized carbons (Fsp3) is 0.368. The van der Waals surface area contributed by atoms with Crippen molar-refractivity contribution in [2.75, 3.05) is 30.8 Å². The quantitative estimate of drug-likeness (QED) is 0.480. The minimum absolute atomic E-state index is 0.0215. The van der Waals surface area contributed by atoms with Crippen LogP contribution >= 0.6 is 0 Å². The van der Waals surface area contributed by atoms with E-state index in [0.29, 0.717) is 12.7 Å². The van der Waals surface area contributed by atoms with Gasteiger partial charge in [0.1, 0.15) is 5.56 Å². The Morgan fingerprint density at radius 1 is 1.34 bits per heavy atom. The van der Waals surface area contributed by atoms with Crippen molar-refractivity contribution in [2.24, 2.45) is 0 Å². The summed E-state index contributed by atoms with van der Waals surface area (Å²) in [6.07, 6.45) is -3.23. The number of amides is 1. The van der Waals surface area contributed by atoms with E-state index in [0.717, 1.165) is 31.1 Å². The van der Waals surface area contributed by atoms with Crippen LogP contribution in [0.5, 0.6) is 0 Å². The number of anilines is 2. The minimum Gasteiger partial charge on any atom is -0.453 e. The number of nitrogens with one attached hydrogen (secondary N) is 4. The standard InChI is InChI=1S/C19H20F3N7O3/c1-32-18(31)26-12-5-2-6-13-14(12)27-17(30)29(13)15-11(19(20,21)22)9-24-16(28-15)25-10-4-3-7-23-8-10/h2,5-6,9-10,23H,3-4,7-8H2,1H3,(H,26,31)(H,27,30)(H,24,25,28)/t10-/m0/s1. The van der Waals surface area contributed by atoms with E-state index in [1.165, 1.54) is 18.2 Å². The number of rotatable bonds is 4. The average molecular weight is 451 g/mol. The van der Waals surface area contributed by atoms with Gasteiger partial charge < -0.3 is 20.4 Å². The molecule has 1 amide bonds. The molecule has 170 valence electrons. The summed E-state index contributed by atoms with van der Waals surface area (Å²) in [7, 11) is 1.16. The third kappa shape index (κ3) is 4.23. The largest absolute Gasteiger partial charge is 0.453 e. The molecule has 1 aliphatic heterocycles. The molecule has 3 aromatic rings. The number of carbonyl (C=O) groups is 1. The number of nitrogens with zero attached hydrogens (tertiary/aromatic N) is 3. The van der Waals surface area contributed by atoms with E-state index in [1.54, 1.807) is 0 Å². The maximum Gasteiger partial charge on any atom is 0.421 e. The van der Waals surface area contributed by atoms with Crippen molar-refractivity contribution in [3.63, 3.8) is 0 Å². The Hall–Kier alpha value is -3.61. The van der Waals surface area contributed by atoms with Crippen LogP contribution in [0.25, 0.3) is 16.9 Å². The molecule has 0 saturated carbocycles. The van der Waals surface area contributed by atoms with Gasteiger partial charge in [0.2, 0.25) is 5.95 Å². The molecule has 3 heterocycles. The summed E-state index contributed by atoms with van der Waals surface area (Å²) >= 11 is 0. The third-order valence-electron chi connectivity index (χ3n) is 5.06. The van der Waals surface area contributed by atoms with Crippen molar-refractivity contribution in [1.82, 2.24) is 24.8 Å². The zero-order chi connectivity index (χ0) is 22.9. The second kappa shape index (κ2) is 8.49. The lowest BCUT2D eigenvalue weighted by molar-refractivity contribution is -0.137. The first-order valence-corrected chi connectivity index (χ1v) is 9.78. The molecule has 0 radical (unpaired) electrons. The molecule has 10 nitrogen and oxygen atoms in total. The molecule has 0 spiro atoms. The number of ether oxygens (including phenoxy) is 1. The Kier molecular flexibility index (Phi) is 5.74. The number of hydrogen-bond donors (Lipinski definition) is 4. The number of imidazole rings is 1. The second-order valence-corrected chi connectivity index (χ2v) is 7.20. The number of piperidine rings is 1. The van der Waals surface area contributed by atoms with Crippen molar-refractivity contribution in [1.29, 1.82) is 0 Å². The average Bonchev–Trinajstić information content (AvgIpc) is 3.10. The lowest BCUT2D eigenvalue weighted by atomic mass is 10.1. The number of para-hydroxylation sites is 1. The van der Waals surface area contributed by atoms with Crippen molar-refractivity contribution < 1.29 is 22.7 Å². The highest BCUT2D eigenvalue weighted by Gasteiger charge is 2.37. The SMILES string of the molecule is COC(=O)Nc1cccc2c1[nH]c(=O)n2-c1nc(N[C@H]2CCCNC2)ncc1C(F)(F)F. The van der Waals surface area contributed by atoms with Crippen LogP contribution in [-0.4, -0.2) is 51.9 Å². The van der Waals surface area contributed by atoms with E-state index < -0.39 is 29.3 Å². The molecule has 0 aliphatic carbocycles. The summed E-state index contributed by atoms with van der Waals surface area (Å²) in [6, 6.07) is 4.35. The van der Waals surface area contributed by atoms with Gasteiger partial charge in [-0.1, -0.05) is 6.07 Å². The number of aromatic amines is 1. The van der Waals surface area contributed by atoms with Gasteiger partial charge in [0.15, 0.2) is 5.82 Å².